The van der Waals surface area contributed by atoms with Crippen LogP contribution in [-0.4, -0.2) is 48.2 Å². The van der Waals surface area contributed by atoms with Crippen molar-refractivity contribution in [1.82, 2.24) is 15.2 Å². The van der Waals surface area contributed by atoms with Crippen molar-refractivity contribution in [3.05, 3.63) is 75.0 Å². The molecule has 1 N–H and O–H groups in total. The molecule has 1 aromatic heterocycles. The summed E-state index contributed by atoms with van der Waals surface area (Å²) in [5.41, 5.74) is 4.97. The Bertz CT molecular complexity index is 1190. The van der Waals surface area contributed by atoms with Crippen molar-refractivity contribution in [2.75, 3.05) is 21.3 Å². The Morgan fingerprint density at radius 2 is 1.82 bits per heavy atom. The Morgan fingerprint density at radius 3 is 2.39 bits per heavy atom. The van der Waals surface area contributed by atoms with Crippen LogP contribution in [0.3, 0.4) is 0 Å². The number of nitrogens with one attached hydrogen (secondary N) is 1. The lowest BCUT2D eigenvalue weighted by Crippen LogP contribution is -2.17. The predicted molar refractivity (Wildman–Crippen MR) is 120 cm³/mol. The first-order valence-electron chi connectivity index (χ1n) is 9.78. The van der Waals surface area contributed by atoms with Crippen LogP contribution in [0.1, 0.15) is 27.2 Å². The van der Waals surface area contributed by atoms with Gasteiger partial charge in [-0.05, 0) is 41.7 Å². The third kappa shape index (κ3) is 5.26. The second-order valence-corrected chi connectivity index (χ2v) is 6.88. The number of ether oxygens (including phenoxy) is 3. The molecule has 1 heterocycles. The Morgan fingerprint density at radius 1 is 1.12 bits per heavy atom. The summed E-state index contributed by atoms with van der Waals surface area (Å²) in [6.45, 7) is 2.09. The maximum Gasteiger partial charge on any atom is 0.390 e. The van der Waals surface area contributed by atoms with Crippen molar-refractivity contribution < 1.29 is 23.9 Å². The first-order valence-corrected chi connectivity index (χ1v) is 9.78. The van der Waals surface area contributed by atoms with E-state index in [-0.39, 0.29) is 5.82 Å². The second kappa shape index (κ2) is 10.3. The first kappa shape index (κ1) is 23.3. The van der Waals surface area contributed by atoms with Crippen LogP contribution in [0, 0.1) is 17.0 Å². The quantitative estimate of drug-likeness (QED) is 0.299. The summed E-state index contributed by atoms with van der Waals surface area (Å²) in [5.74, 6) is 0.753. The zero-order valence-corrected chi connectivity index (χ0v) is 18.6. The van der Waals surface area contributed by atoms with Crippen molar-refractivity contribution in [3.63, 3.8) is 0 Å². The van der Waals surface area contributed by atoms with Crippen molar-refractivity contribution in [2.45, 2.75) is 13.5 Å². The van der Waals surface area contributed by atoms with Crippen molar-refractivity contribution >= 4 is 17.9 Å². The molecule has 0 spiro atoms. The number of nitro groups is 1. The number of benzene rings is 2. The SMILES string of the molecule is COc1ccc(/C=N\NC(=O)c2ccc(Cn3nc([N+](=O)[O-])cc3C)cc2)c(OC)c1OC. The monoisotopic (exact) mass is 453 g/mol. The lowest BCUT2D eigenvalue weighted by molar-refractivity contribution is -0.389. The average molecular weight is 453 g/mol. The molecule has 0 aliphatic carbocycles. The standard InChI is InChI=1S/C22H23N5O6/c1-14-11-19(27(29)30)25-26(14)13-15-5-7-16(8-6-15)22(28)24-23-12-17-9-10-18(31-2)21(33-4)20(17)32-3/h5-12H,13H2,1-4H3,(H,24,28)/b23-12-. The Kier molecular flexibility index (Phi) is 7.24. The molecule has 0 atom stereocenters. The van der Waals surface area contributed by atoms with E-state index in [0.717, 1.165) is 5.56 Å². The molecule has 11 heteroatoms. The normalized spacial score (nSPS) is 10.8. The molecule has 0 saturated carbocycles. The van der Waals surface area contributed by atoms with Gasteiger partial charge in [-0.3, -0.25) is 4.79 Å². The van der Waals surface area contributed by atoms with Gasteiger partial charge in [0.2, 0.25) is 5.75 Å². The van der Waals surface area contributed by atoms with Gasteiger partial charge in [0.05, 0.1) is 50.9 Å². The number of hydrogen-bond acceptors (Lipinski definition) is 8. The molecule has 0 fully saturated rings. The summed E-state index contributed by atoms with van der Waals surface area (Å²) < 4.78 is 17.5. The van der Waals surface area contributed by atoms with Gasteiger partial charge >= 0.3 is 5.82 Å². The van der Waals surface area contributed by atoms with Gasteiger partial charge in [-0.1, -0.05) is 12.1 Å². The van der Waals surface area contributed by atoms with Crippen LogP contribution in [0.25, 0.3) is 0 Å². The number of amides is 1. The summed E-state index contributed by atoms with van der Waals surface area (Å²) >= 11 is 0. The lowest BCUT2D eigenvalue weighted by atomic mass is 10.1. The minimum absolute atomic E-state index is 0.201. The average Bonchev–Trinajstić information content (AvgIpc) is 3.19. The van der Waals surface area contributed by atoms with Crippen LogP contribution >= 0.6 is 0 Å². The summed E-state index contributed by atoms with van der Waals surface area (Å²) in [6.07, 6.45) is 1.44. The van der Waals surface area contributed by atoms with E-state index in [2.05, 4.69) is 15.6 Å². The first-order chi connectivity index (χ1) is 15.9. The molecule has 172 valence electrons. The van der Waals surface area contributed by atoms with Crippen molar-refractivity contribution in [1.29, 1.82) is 0 Å². The molecule has 0 aliphatic rings. The summed E-state index contributed by atoms with van der Waals surface area (Å²) in [7, 11) is 4.52. The molecular formula is C22H23N5O6. The minimum atomic E-state index is -0.533. The fourth-order valence-corrected chi connectivity index (χ4v) is 3.13. The zero-order valence-electron chi connectivity index (χ0n) is 18.6. The second-order valence-electron chi connectivity index (χ2n) is 6.88. The van der Waals surface area contributed by atoms with E-state index in [1.165, 1.54) is 38.3 Å². The topological polar surface area (TPSA) is 130 Å². The third-order valence-electron chi connectivity index (χ3n) is 4.81. The van der Waals surface area contributed by atoms with Gasteiger partial charge in [-0.2, -0.15) is 9.78 Å². The Labute approximate surface area is 189 Å². The van der Waals surface area contributed by atoms with Crippen LogP contribution in [0.4, 0.5) is 5.82 Å². The maximum atomic E-state index is 12.4. The Hall–Kier alpha value is -4.41. The van der Waals surface area contributed by atoms with Crippen molar-refractivity contribution in [2.24, 2.45) is 5.10 Å². The largest absolute Gasteiger partial charge is 0.493 e. The van der Waals surface area contributed by atoms with Gasteiger partial charge in [0.1, 0.15) is 0 Å². The third-order valence-corrected chi connectivity index (χ3v) is 4.81. The molecule has 33 heavy (non-hydrogen) atoms. The predicted octanol–water partition coefficient (Wildman–Crippen LogP) is 2.94. The van der Waals surface area contributed by atoms with Gasteiger partial charge in [0, 0.05) is 11.1 Å². The highest BCUT2D eigenvalue weighted by Crippen LogP contribution is 2.38. The number of carbonyl (C=O) groups is 1. The molecular weight excluding hydrogens is 430 g/mol. The number of rotatable bonds is 9. The van der Waals surface area contributed by atoms with Crippen LogP contribution in [-0.2, 0) is 6.54 Å². The molecule has 0 unspecified atom stereocenters. The van der Waals surface area contributed by atoms with Gasteiger partial charge in [-0.15, -0.1) is 0 Å². The highest BCUT2D eigenvalue weighted by molar-refractivity contribution is 5.95. The summed E-state index contributed by atoms with van der Waals surface area (Å²) in [4.78, 5) is 22.8. The van der Waals surface area contributed by atoms with Gasteiger partial charge in [0.15, 0.2) is 11.5 Å². The number of nitrogens with zero attached hydrogens (tertiary/aromatic N) is 4. The van der Waals surface area contributed by atoms with Crippen LogP contribution in [0.5, 0.6) is 17.2 Å². The zero-order chi connectivity index (χ0) is 24.0. The number of carbonyl (C=O) groups excluding carboxylic acids is 1. The van der Waals surface area contributed by atoms with E-state index in [9.17, 15) is 14.9 Å². The van der Waals surface area contributed by atoms with Crippen LogP contribution in [0.2, 0.25) is 0 Å². The number of methoxy groups -OCH3 is 3. The van der Waals surface area contributed by atoms with E-state index in [0.29, 0.717) is 40.6 Å². The molecule has 0 bridgehead atoms. The fraction of sp³-hybridized carbons (Fsp3) is 0.227. The van der Waals surface area contributed by atoms with E-state index in [1.807, 2.05) is 0 Å². The lowest BCUT2D eigenvalue weighted by Gasteiger charge is -2.13. The number of hydrazone groups is 1. The molecule has 0 aliphatic heterocycles. The van der Waals surface area contributed by atoms with E-state index < -0.39 is 10.8 Å². The number of hydrogen-bond donors (Lipinski definition) is 1. The summed E-state index contributed by atoms with van der Waals surface area (Å²) in [5, 5.41) is 18.8. The maximum absolute atomic E-state index is 12.4. The smallest absolute Gasteiger partial charge is 0.390 e. The molecule has 2 aromatic carbocycles. The molecule has 1 amide bonds. The van der Waals surface area contributed by atoms with Crippen LogP contribution < -0.4 is 19.6 Å². The molecule has 0 saturated heterocycles. The van der Waals surface area contributed by atoms with E-state index >= 15 is 0 Å². The van der Waals surface area contributed by atoms with Gasteiger partial charge < -0.3 is 24.3 Å². The highest BCUT2D eigenvalue weighted by atomic mass is 16.6. The molecule has 3 aromatic rings. The van der Waals surface area contributed by atoms with Gasteiger partial charge in [0.25, 0.3) is 5.91 Å². The van der Waals surface area contributed by atoms with E-state index in [4.69, 9.17) is 14.2 Å². The molecule has 3 rings (SSSR count). The fourth-order valence-electron chi connectivity index (χ4n) is 3.13. The van der Waals surface area contributed by atoms with Crippen molar-refractivity contribution in [3.8, 4) is 17.2 Å². The minimum Gasteiger partial charge on any atom is -0.493 e. The highest BCUT2D eigenvalue weighted by Gasteiger charge is 2.16. The number of aromatic nitrogens is 2. The molecule has 11 nitrogen and oxygen atoms in total. The Balaban J connectivity index is 1.67. The summed E-state index contributed by atoms with van der Waals surface area (Å²) in [6, 6.07) is 11.6. The van der Waals surface area contributed by atoms with E-state index in [1.54, 1.807) is 43.3 Å². The molecule has 0 radical (unpaired) electrons. The van der Waals surface area contributed by atoms with Gasteiger partial charge in [-0.25, -0.2) is 5.43 Å². The number of aryl methyl sites for hydroxylation is 1. The van der Waals surface area contributed by atoms with Crippen LogP contribution in [0.15, 0.2) is 47.6 Å².